The zero-order valence-corrected chi connectivity index (χ0v) is 11.8. The number of carbonyl (C=O) groups is 1. The van der Waals surface area contributed by atoms with Gasteiger partial charge in [-0.25, -0.2) is 4.79 Å². The molecule has 2 heterocycles. The van der Waals surface area contributed by atoms with Crippen molar-refractivity contribution in [1.29, 1.82) is 0 Å². The number of rotatable bonds is 5. The quantitative estimate of drug-likeness (QED) is 0.739. The Morgan fingerprint density at radius 2 is 2.47 bits per heavy atom. The molecular weight excluding hydrogens is 246 g/mol. The maximum atomic E-state index is 11.9. The van der Waals surface area contributed by atoms with Gasteiger partial charge in [0.1, 0.15) is 5.56 Å². The third kappa shape index (κ3) is 3.13. The molecule has 0 spiro atoms. The first-order valence-electron chi connectivity index (χ1n) is 6.59. The molecule has 1 aliphatic rings. The van der Waals surface area contributed by atoms with Crippen LogP contribution in [0.5, 0.6) is 0 Å². The topological polar surface area (TPSA) is 56.6 Å². The highest BCUT2D eigenvalue weighted by atomic mass is 16.5. The summed E-state index contributed by atoms with van der Waals surface area (Å²) < 4.78 is 12.2. The van der Waals surface area contributed by atoms with Crippen LogP contribution in [0.3, 0.4) is 0 Å². The lowest BCUT2D eigenvalue weighted by atomic mass is 10.2. The monoisotopic (exact) mass is 267 g/mol. The normalized spacial score (nSPS) is 19.1. The van der Waals surface area contributed by atoms with Crippen LogP contribution in [-0.2, 0) is 23.1 Å². The molecule has 1 fully saturated rings. The Bertz CT molecular complexity index is 438. The van der Waals surface area contributed by atoms with Crippen LogP contribution < -0.4 is 0 Å². The molecule has 0 saturated carbocycles. The number of likely N-dealkylation sites (N-methyl/N-ethyl adjacent to an activating group) is 1. The Morgan fingerprint density at radius 1 is 1.68 bits per heavy atom. The van der Waals surface area contributed by atoms with Gasteiger partial charge < -0.3 is 9.47 Å². The summed E-state index contributed by atoms with van der Waals surface area (Å²) in [6.07, 6.45) is 2.61. The zero-order chi connectivity index (χ0) is 13.8. The van der Waals surface area contributed by atoms with Crippen molar-refractivity contribution >= 4 is 5.97 Å². The summed E-state index contributed by atoms with van der Waals surface area (Å²) in [7, 11) is 3.89. The summed E-state index contributed by atoms with van der Waals surface area (Å²) in [5, 5.41) is 4.16. The van der Waals surface area contributed by atoms with E-state index in [1.807, 2.05) is 14.1 Å². The van der Waals surface area contributed by atoms with Gasteiger partial charge in [0.25, 0.3) is 0 Å². The molecule has 1 atom stereocenters. The van der Waals surface area contributed by atoms with E-state index >= 15 is 0 Å². The number of esters is 1. The second-order valence-corrected chi connectivity index (χ2v) is 4.78. The van der Waals surface area contributed by atoms with Crippen LogP contribution in [-0.4, -0.2) is 53.6 Å². The van der Waals surface area contributed by atoms with E-state index in [1.165, 1.54) is 0 Å². The van der Waals surface area contributed by atoms with Crippen molar-refractivity contribution in [3.05, 3.63) is 17.5 Å². The fourth-order valence-electron chi connectivity index (χ4n) is 2.26. The van der Waals surface area contributed by atoms with Crippen LogP contribution >= 0.6 is 0 Å². The molecule has 106 valence electrons. The maximum Gasteiger partial charge on any atom is 0.341 e. The molecule has 1 unspecified atom stereocenters. The number of aryl methyl sites for hydroxylation is 1. The Balaban J connectivity index is 2.10. The van der Waals surface area contributed by atoms with E-state index in [0.717, 1.165) is 25.3 Å². The van der Waals surface area contributed by atoms with Crippen LogP contribution in [0, 0.1) is 0 Å². The molecule has 19 heavy (non-hydrogen) atoms. The van der Waals surface area contributed by atoms with Crippen molar-refractivity contribution in [2.75, 3.05) is 26.9 Å². The van der Waals surface area contributed by atoms with Crippen molar-refractivity contribution in [3.8, 4) is 0 Å². The van der Waals surface area contributed by atoms with Crippen molar-refractivity contribution in [2.45, 2.75) is 25.9 Å². The summed E-state index contributed by atoms with van der Waals surface area (Å²) in [6.45, 7) is 4.41. The Kier molecular flexibility index (Phi) is 4.55. The maximum absolute atomic E-state index is 11.9. The minimum atomic E-state index is -0.304. The first-order valence-corrected chi connectivity index (χ1v) is 6.59. The van der Waals surface area contributed by atoms with Gasteiger partial charge in [-0.2, -0.15) is 5.10 Å². The highest BCUT2D eigenvalue weighted by Crippen LogP contribution is 2.16. The van der Waals surface area contributed by atoms with Gasteiger partial charge >= 0.3 is 5.97 Å². The zero-order valence-electron chi connectivity index (χ0n) is 11.8. The molecule has 0 amide bonds. The third-order valence-corrected chi connectivity index (χ3v) is 3.49. The molecule has 0 radical (unpaired) electrons. The third-order valence-electron chi connectivity index (χ3n) is 3.49. The van der Waals surface area contributed by atoms with Crippen LogP contribution in [0.4, 0.5) is 0 Å². The predicted molar refractivity (Wildman–Crippen MR) is 69.9 cm³/mol. The van der Waals surface area contributed by atoms with Gasteiger partial charge in [0.15, 0.2) is 0 Å². The summed E-state index contributed by atoms with van der Waals surface area (Å²) >= 11 is 0. The van der Waals surface area contributed by atoms with Crippen LogP contribution in [0.1, 0.15) is 29.4 Å². The first-order chi connectivity index (χ1) is 9.13. The van der Waals surface area contributed by atoms with E-state index in [1.54, 1.807) is 17.8 Å². The van der Waals surface area contributed by atoms with Gasteiger partial charge in [0.05, 0.1) is 25.1 Å². The Labute approximate surface area is 113 Å². The number of hydrogen-bond donors (Lipinski definition) is 0. The standard InChI is InChI=1S/C13H21N3O3/c1-4-19-13(17)11-7-14-16(3)12(11)8-15(2)10-5-6-18-9-10/h7,10H,4-6,8-9H2,1-3H3. The second kappa shape index (κ2) is 6.16. The summed E-state index contributed by atoms with van der Waals surface area (Å²) in [6, 6.07) is 0.407. The highest BCUT2D eigenvalue weighted by molar-refractivity contribution is 5.90. The largest absolute Gasteiger partial charge is 0.462 e. The van der Waals surface area contributed by atoms with E-state index in [0.29, 0.717) is 24.8 Å². The number of hydrogen-bond acceptors (Lipinski definition) is 5. The number of aromatic nitrogens is 2. The summed E-state index contributed by atoms with van der Waals surface area (Å²) in [4.78, 5) is 14.1. The van der Waals surface area contributed by atoms with Gasteiger partial charge in [0.2, 0.25) is 0 Å². The predicted octanol–water partition coefficient (Wildman–Crippen LogP) is 0.818. The lowest BCUT2D eigenvalue weighted by Gasteiger charge is -2.23. The smallest absolute Gasteiger partial charge is 0.341 e. The molecule has 6 nitrogen and oxygen atoms in total. The number of carbonyl (C=O) groups excluding carboxylic acids is 1. The van der Waals surface area contributed by atoms with Gasteiger partial charge in [-0.1, -0.05) is 0 Å². The van der Waals surface area contributed by atoms with Crippen LogP contribution in [0.25, 0.3) is 0 Å². The van der Waals surface area contributed by atoms with Gasteiger partial charge in [-0.15, -0.1) is 0 Å². The lowest BCUT2D eigenvalue weighted by molar-refractivity contribution is 0.0523. The van der Waals surface area contributed by atoms with E-state index in [2.05, 4.69) is 10.00 Å². The van der Waals surface area contributed by atoms with Crippen molar-refractivity contribution in [3.63, 3.8) is 0 Å². The summed E-state index contributed by atoms with van der Waals surface area (Å²) in [5.41, 5.74) is 1.43. The van der Waals surface area contributed by atoms with Crippen molar-refractivity contribution in [2.24, 2.45) is 7.05 Å². The molecule has 2 rings (SSSR count). The molecule has 0 aliphatic carbocycles. The average molecular weight is 267 g/mol. The number of ether oxygens (including phenoxy) is 2. The van der Waals surface area contributed by atoms with Crippen LogP contribution in [0.15, 0.2) is 6.20 Å². The molecule has 0 aromatic carbocycles. The lowest BCUT2D eigenvalue weighted by Crippen LogP contribution is -2.32. The fraction of sp³-hybridized carbons (Fsp3) is 0.692. The first kappa shape index (κ1) is 14.0. The van der Waals surface area contributed by atoms with Crippen molar-refractivity contribution in [1.82, 2.24) is 14.7 Å². The van der Waals surface area contributed by atoms with Crippen LogP contribution in [0.2, 0.25) is 0 Å². The Morgan fingerprint density at radius 3 is 3.11 bits per heavy atom. The Hall–Kier alpha value is -1.40. The molecule has 6 heteroatoms. The molecule has 1 aliphatic heterocycles. The molecular formula is C13H21N3O3. The minimum Gasteiger partial charge on any atom is -0.462 e. The van der Waals surface area contributed by atoms with Gasteiger partial charge in [0, 0.05) is 26.2 Å². The second-order valence-electron chi connectivity index (χ2n) is 4.78. The molecule has 0 bridgehead atoms. The van der Waals surface area contributed by atoms with Gasteiger partial charge in [-0.05, 0) is 20.4 Å². The average Bonchev–Trinajstić information content (AvgIpc) is 3.01. The molecule has 0 N–H and O–H groups in total. The van der Waals surface area contributed by atoms with E-state index in [-0.39, 0.29) is 5.97 Å². The summed E-state index contributed by atoms with van der Waals surface area (Å²) in [5.74, 6) is -0.304. The number of nitrogens with zero attached hydrogens (tertiary/aromatic N) is 3. The SMILES string of the molecule is CCOC(=O)c1cnn(C)c1CN(C)C1CCOC1. The minimum absolute atomic E-state index is 0.304. The van der Waals surface area contributed by atoms with E-state index in [9.17, 15) is 4.79 Å². The van der Waals surface area contributed by atoms with Gasteiger partial charge in [-0.3, -0.25) is 9.58 Å². The molecule has 1 saturated heterocycles. The molecule has 1 aromatic rings. The van der Waals surface area contributed by atoms with Crippen molar-refractivity contribution < 1.29 is 14.3 Å². The fourth-order valence-corrected chi connectivity index (χ4v) is 2.26. The van der Waals surface area contributed by atoms with E-state index in [4.69, 9.17) is 9.47 Å². The van der Waals surface area contributed by atoms with E-state index < -0.39 is 0 Å². The molecule has 1 aromatic heterocycles. The highest BCUT2D eigenvalue weighted by Gasteiger charge is 2.24.